The van der Waals surface area contributed by atoms with Crippen LogP contribution in [-0.4, -0.2) is 42.4 Å². The Balaban J connectivity index is 3.01. The van der Waals surface area contributed by atoms with Gasteiger partial charge in [-0.3, -0.25) is 4.98 Å². The molecule has 0 aliphatic carbocycles. The lowest BCUT2D eigenvalue weighted by Crippen LogP contribution is -2.28. The molecular formula is C13H18N2O4S. The van der Waals surface area contributed by atoms with Crippen LogP contribution in [0.25, 0.3) is 6.08 Å². The van der Waals surface area contributed by atoms with Gasteiger partial charge >= 0.3 is 5.97 Å². The fourth-order valence-electron chi connectivity index (χ4n) is 1.52. The zero-order valence-corrected chi connectivity index (χ0v) is 12.3. The first-order valence-corrected chi connectivity index (χ1v) is 7.64. The standard InChI is InChI=1S/C13H18N2O4S/c1-3-4-7-15(2)20(18,19)12-8-11(9-14-10-12)5-6-13(16)17/h5-6,8-10H,3-4,7H2,1-2H3,(H,16,17). The second-order valence-electron chi connectivity index (χ2n) is 4.31. The topological polar surface area (TPSA) is 87.6 Å². The summed E-state index contributed by atoms with van der Waals surface area (Å²) in [5.41, 5.74) is 0.428. The molecule has 1 aromatic heterocycles. The highest BCUT2D eigenvalue weighted by atomic mass is 32.2. The first-order valence-electron chi connectivity index (χ1n) is 6.20. The normalized spacial score (nSPS) is 12.2. The molecule has 0 aromatic carbocycles. The molecule has 1 N–H and O–H groups in total. The van der Waals surface area contributed by atoms with Gasteiger partial charge in [-0.1, -0.05) is 13.3 Å². The van der Waals surface area contributed by atoms with E-state index < -0.39 is 16.0 Å². The minimum atomic E-state index is -3.58. The second kappa shape index (κ2) is 7.16. The van der Waals surface area contributed by atoms with Crippen LogP contribution in [0.5, 0.6) is 0 Å². The average molecular weight is 298 g/mol. The quantitative estimate of drug-likeness (QED) is 0.772. The van der Waals surface area contributed by atoms with Crippen LogP contribution in [0, 0.1) is 0 Å². The molecule has 0 radical (unpaired) electrons. The van der Waals surface area contributed by atoms with E-state index in [1.54, 1.807) is 0 Å². The lowest BCUT2D eigenvalue weighted by atomic mass is 10.2. The molecule has 6 nitrogen and oxygen atoms in total. The van der Waals surface area contributed by atoms with E-state index in [-0.39, 0.29) is 4.90 Å². The molecule has 1 aromatic rings. The number of sulfonamides is 1. The number of nitrogens with zero attached hydrogens (tertiary/aromatic N) is 2. The highest BCUT2D eigenvalue weighted by Gasteiger charge is 2.20. The minimum absolute atomic E-state index is 0.0589. The number of pyridine rings is 1. The van der Waals surface area contributed by atoms with Crippen molar-refractivity contribution in [3.8, 4) is 0 Å². The second-order valence-corrected chi connectivity index (χ2v) is 6.35. The van der Waals surface area contributed by atoms with Crippen LogP contribution in [0.15, 0.2) is 29.4 Å². The summed E-state index contributed by atoms with van der Waals surface area (Å²) in [6, 6.07) is 1.41. The van der Waals surface area contributed by atoms with Gasteiger partial charge in [-0.2, -0.15) is 0 Å². The summed E-state index contributed by atoms with van der Waals surface area (Å²) >= 11 is 0. The summed E-state index contributed by atoms with van der Waals surface area (Å²) in [5, 5.41) is 8.56. The van der Waals surface area contributed by atoms with Gasteiger partial charge in [0, 0.05) is 32.1 Å². The van der Waals surface area contributed by atoms with E-state index in [0.717, 1.165) is 18.9 Å². The van der Waals surface area contributed by atoms with E-state index in [0.29, 0.717) is 12.1 Å². The summed E-state index contributed by atoms with van der Waals surface area (Å²) in [7, 11) is -2.06. The largest absolute Gasteiger partial charge is 0.478 e. The van der Waals surface area contributed by atoms with Crippen molar-refractivity contribution >= 4 is 22.1 Å². The minimum Gasteiger partial charge on any atom is -0.478 e. The Morgan fingerprint density at radius 1 is 1.45 bits per heavy atom. The Morgan fingerprint density at radius 2 is 2.15 bits per heavy atom. The Hall–Kier alpha value is -1.73. The van der Waals surface area contributed by atoms with Gasteiger partial charge in [-0.25, -0.2) is 17.5 Å². The monoisotopic (exact) mass is 298 g/mol. The van der Waals surface area contributed by atoms with E-state index in [9.17, 15) is 13.2 Å². The average Bonchev–Trinajstić information content (AvgIpc) is 2.42. The van der Waals surface area contributed by atoms with Crippen LogP contribution >= 0.6 is 0 Å². The third-order valence-corrected chi connectivity index (χ3v) is 4.51. The molecular weight excluding hydrogens is 280 g/mol. The van der Waals surface area contributed by atoms with Crippen molar-refractivity contribution in [1.29, 1.82) is 0 Å². The predicted octanol–water partition coefficient (Wildman–Crippen LogP) is 1.60. The molecule has 20 heavy (non-hydrogen) atoms. The summed E-state index contributed by atoms with van der Waals surface area (Å²) < 4.78 is 25.8. The van der Waals surface area contributed by atoms with Crippen LogP contribution in [0.1, 0.15) is 25.3 Å². The highest BCUT2D eigenvalue weighted by Crippen LogP contribution is 2.15. The van der Waals surface area contributed by atoms with Crippen LogP contribution in [-0.2, 0) is 14.8 Å². The van der Waals surface area contributed by atoms with E-state index in [1.165, 1.54) is 35.9 Å². The Kier molecular flexibility index (Phi) is 5.84. The van der Waals surface area contributed by atoms with Crippen LogP contribution < -0.4 is 0 Å². The third-order valence-electron chi connectivity index (χ3n) is 2.69. The Morgan fingerprint density at radius 3 is 2.75 bits per heavy atom. The van der Waals surface area contributed by atoms with Crippen molar-refractivity contribution in [2.24, 2.45) is 0 Å². The number of carbonyl (C=O) groups is 1. The molecule has 1 rings (SSSR count). The zero-order chi connectivity index (χ0) is 15.2. The van der Waals surface area contributed by atoms with Crippen LogP contribution in [0.3, 0.4) is 0 Å². The zero-order valence-electron chi connectivity index (χ0n) is 11.5. The van der Waals surface area contributed by atoms with E-state index in [1.807, 2.05) is 6.92 Å². The smallest absolute Gasteiger partial charge is 0.328 e. The van der Waals surface area contributed by atoms with Gasteiger partial charge in [-0.05, 0) is 24.1 Å². The van der Waals surface area contributed by atoms with Crippen molar-refractivity contribution in [2.45, 2.75) is 24.7 Å². The molecule has 0 unspecified atom stereocenters. The first-order chi connectivity index (χ1) is 9.37. The SMILES string of the molecule is CCCCN(C)S(=O)(=O)c1cncc(C=CC(=O)O)c1. The maximum atomic E-state index is 12.3. The van der Waals surface area contributed by atoms with Gasteiger partial charge in [0.15, 0.2) is 0 Å². The fourth-order valence-corrected chi connectivity index (χ4v) is 2.72. The van der Waals surface area contributed by atoms with E-state index in [4.69, 9.17) is 5.11 Å². The number of rotatable bonds is 7. The molecule has 0 bridgehead atoms. The van der Waals surface area contributed by atoms with Gasteiger partial charge in [0.2, 0.25) is 10.0 Å². The molecule has 110 valence electrons. The number of unbranched alkanes of at least 4 members (excludes halogenated alkanes) is 1. The summed E-state index contributed by atoms with van der Waals surface area (Å²) in [6.45, 7) is 2.42. The van der Waals surface area contributed by atoms with Gasteiger partial charge in [0.1, 0.15) is 4.90 Å². The molecule has 0 aliphatic rings. The maximum absolute atomic E-state index is 12.3. The Labute approximate surface area is 118 Å². The molecule has 0 saturated heterocycles. The molecule has 0 atom stereocenters. The molecule has 0 aliphatic heterocycles. The number of aromatic nitrogens is 1. The molecule has 0 saturated carbocycles. The lowest BCUT2D eigenvalue weighted by molar-refractivity contribution is -0.131. The van der Waals surface area contributed by atoms with Crippen molar-refractivity contribution in [2.75, 3.05) is 13.6 Å². The van der Waals surface area contributed by atoms with Crippen molar-refractivity contribution < 1.29 is 18.3 Å². The Bertz CT molecular complexity index is 596. The number of carboxylic acids is 1. The van der Waals surface area contributed by atoms with Gasteiger partial charge in [-0.15, -0.1) is 0 Å². The van der Waals surface area contributed by atoms with Gasteiger partial charge in [0.25, 0.3) is 0 Å². The van der Waals surface area contributed by atoms with E-state index >= 15 is 0 Å². The highest BCUT2D eigenvalue weighted by molar-refractivity contribution is 7.89. The molecule has 0 fully saturated rings. The predicted molar refractivity (Wildman–Crippen MR) is 75.6 cm³/mol. The van der Waals surface area contributed by atoms with Crippen molar-refractivity contribution in [3.05, 3.63) is 30.1 Å². The number of hydrogen-bond acceptors (Lipinski definition) is 4. The summed E-state index contributed by atoms with van der Waals surface area (Å²) in [5.74, 6) is -1.10. The number of carboxylic acid groups (broad SMARTS) is 1. The molecule has 0 amide bonds. The molecule has 1 heterocycles. The molecule has 0 spiro atoms. The van der Waals surface area contributed by atoms with E-state index in [2.05, 4.69) is 4.98 Å². The van der Waals surface area contributed by atoms with Crippen molar-refractivity contribution in [3.63, 3.8) is 0 Å². The van der Waals surface area contributed by atoms with Crippen molar-refractivity contribution in [1.82, 2.24) is 9.29 Å². The van der Waals surface area contributed by atoms with Gasteiger partial charge in [0.05, 0.1) is 0 Å². The maximum Gasteiger partial charge on any atom is 0.328 e. The number of aliphatic carboxylic acids is 1. The molecule has 7 heteroatoms. The lowest BCUT2D eigenvalue weighted by Gasteiger charge is -2.16. The summed E-state index contributed by atoms with van der Waals surface area (Å²) in [4.78, 5) is 14.3. The van der Waals surface area contributed by atoms with Crippen LogP contribution in [0.2, 0.25) is 0 Å². The van der Waals surface area contributed by atoms with Gasteiger partial charge < -0.3 is 5.11 Å². The number of hydrogen-bond donors (Lipinski definition) is 1. The summed E-state index contributed by atoms with van der Waals surface area (Å²) in [6.07, 6.45) is 6.59. The third kappa shape index (κ3) is 4.43. The fraction of sp³-hybridized carbons (Fsp3) is 0.385. The van der Waals surface area contributed by atoms with Crippen LogP contribution in [0.4, 0.5) is 0 Å². The first kappa shape index (κ1) is 16.3.